The van der Waals surface area contributed by atoms with Crippen LogP contribution in [-0.4, -0.2) is 15.0 Å². The van der Waals surface area contributed by atoms with Crippen LogP contribution in [0.4, 0.5) is 0 Å². The molecule has 0 fully saturated rings. The maximum Gasteiger partial charge on any atom is 0.164 e. The van der Waals surface area contributed by atoms with E-state index in [1.54, 1.807) is 0 Å². The molecule has 3 nitrogen and oxygen atoms in total. The van der Waals surface area contributed by atoms with Crippen molar-refractivity contribution in [1.82, 2.24) is 15.0 Å². The van der Waals surface area contributed by atoms with Gasteiger partial charge in [-0.3, -0.25) is 0 Å². The van der Waals surface area contributed by atoms with Crippen LogP contribution in [0.5, 0.6) is 0 Å². The fraction of sp³-hybridized carbons (Fsp3) is 0. The van der Waals surface area contributed by atoms with E-state index in [-0.39, 0.29) is 0 Å². The van der Waals surface area contributed by atoms with Crippen molar-refractivity contribution in [1.29, 1.82) is 0 Å². The van der Waals surface area contributed by atoms with Gasteiger partial charge in [0.05, 0.1) is 0 Å². The quantitative estimate of drug-likeness (QED) is 0.196. The topological polar surface area (TPSA) is 38.7 Å². The van der Waals surface area contributed by atoms with Crippen molar-refractivity contribution in [3.8, 4) is 56.4 Å². The van der Waals surface area contributed by atoms with Crippen LogP contribution in [-0.2, 0) is 0 Å². The van der Waals surface area contributed by atoms with E-state index in [2.05, 4.69) is 121 Å². The first kappa shape index (κ1) is 25.8. The summed E-state index contributed by atoms with van der Waals surface area (Å²) in [6.07, 6.45) is 0. The number of nitrogens with zero attached hydrogens (tertiary/aromatic N) is 3. The summed E-state index contributed by atoms with van der Waals surface area (Å²) in [5.41, 5.74) is 7.41. The average Bonchev–Trinajstić information content (AvgIpc) is 3.12. The van der Waals surface area contributed by atoms with Crippen LogP contribution in [0.1, 0.15) is 0 Å². The fourth-order valence-corrected chi connectivity index (χ4v) is 5.88. The van der Waals surface area contributed by atoms with Gasteiger partial charge in [0.1, 0.15) is 0 Å². The first-order chi connectivity index (χ1) is 21.8. The van der Waals surface area contributed by atoms with Crippen molar-refractivity contribution < 1.29 is 0 Å². The van der Waals surface area contributed by atoms with Crippen LogP contribution in [0.25, 0.3) is 78.0 Å². The van der Waals surface area contributed by atoms with Crippen molar-refractivity contribution in [3.05, 3.63) is 164 Å². The van der Waals surface area contributed by atoms with E-state index < -0.39 is 0 Å². The SMILES string of the molecule is c1ccc(-c2nc(-c3ccc(-c4ccc5ccc6ccccc6c5c4)cc3)nc(-c3ccccc3-c3ccccc3)n2)cc1. The van der Waals surface area contributed by atoms with Gasteiger partial charge in [-0.1, -0.05) is 158 Å². The minimum Gasteiger partial charge on any atom is -0.208 e. The summed E-state index contributed by atoms with van der Waals surface area (Å²) in [6.45, 7) is 0. The minimum absolute atomic E-state index is 0.646. The molecule has 0 bridgehead atoms. The minimum atomic E-state index is 0.646. The van der Waals surface area contributed by atoms with E-state index in [1.165, 1.54) is 27.1 Å². The molecule has 7 aromatic carbocycles. The van der Waals surface area contributed by atoms with E-state index in [0.717, 1.165) is 33.4 Å². The molecule has 0 aliphatic carbocycles. The van der Waals surface area contributed by atoms with Crippen LogP contribution in [0.15, 0.2) is 164 Å². The van der Waals surface area contributed by atoms with E-state index in [0.29, 0.717) is 17.5 Å². The van der Waals surface area contributed by atoms with Crippen LogP contribution < -0.4 is 0 Å². The molecular weight excluding hydrogens is 534 g/mol. The Hall–Kier alpha value is -5.93. The molecule has 0 atom stereocenters. The summed E-state index contributed by atoms with van der Waals surface area (Å²) in [4.78, 5) is 15.0. The number of fused-ring (bicyclic) bond motifs is 3. The second kappa shape index (κ2) is 11.0. The van der Waals surface area contributed by atoms with Gasteiger partial charge >= 0.3 is 0 Å². The Morgan fingerprint density at radius 1 is 0.273 bits per heavy atom. The number of hydrogen-bond donors (Lipinski definition) is 0. The number of rotatable bonds is 5. The Morgan fingerprint density at radius 3 is 1.48 bits per heavy atom. The molecule has 206 valence electrons. The molecule has 3 heteroatoms. The molecule has 8 rings (SSSR count). The Morgan fingerprint density at radius 2 is 0.750 bits per heavy atom. The summed E-state index contributed by atoms with van der Waals surface area (Å²) in [7, 11) is 0. The molecule has 1 heterocycles. The highest BCUT2D eigenvalue weighted by atomic mass is 15.0. The van der Waals surface area contributed by atoms with Crippen molar-refractivity contribution in [3.63, 3.8) is 0 Å². The molecule has 0 saturated heterocycles. The van der Waals surface area contributed by atoms with Gasteiger partial charge in [-0.25, -0.2) is 15.0 Å². The van der Waals surface area contributed by atoms with Gasteiger partial charge in [-0.15, -0.1) is 0 Å². The van der Waals surface area contributed by atoms with E-state index in [1.807, 2.05) is 42.5 Å². The second-order valence-corrected chi connectivity index (χ2v) is 10.9. The molecule has 0 amide bonds. The third-order valence-corrected chi connectivity index (χ3v) is 8.14. The Bertz CT molecular complexity index is 2260. The van der Waals surface area contributed by atoms with Crippen molar-refractivity contribution in [2.24, 2.45) is 0 Å². The van der Waals surface area contributed by atoms with Gasteiger partial charge in [-0.2, -0.15) is 0 Å². The maximum absolute atomic E-state index is 5.04. The van der Waals surface area contributed by atoms with Crippen molar-refractivity contribution in [2.75, 3.05) is 0 Å². The number of aromatic nitrogens is 3. The summed E-state index contributed by atoms with van der Waals surface area (Å²) >= 11 is 0. The molecule has 0 spiro atoms. The maximum atomic E-state index is 5.04. The zero-order chi connectivity index (χ0) is 29.3. The van der Waals surface area contributed by atoms with Gasteiger partial charge in [0.2, 0.25) is 0 Å². The normalized spacial score (nSPS) is 11.2. The van der Waals surface area contributed by atoms with Gasteiger partial charge in [0.15, 0.2) is 17.5 Å². The summed E-state index contributed by atoms with van der Waals surface area (Å²) in [6, 6.07) is 57.0. The van der Waals surface area contributed by atoms with Crippen LogP contribution in [0.3, 0.4) is 0 Å². The molecule has 0 aliphatic rings. The van der Waals surface area contributed by atoms with Gasteiger partial charge in [-0.05, 0) is 49.9 Å². The monoisotopic (exact) mass is 561 g/mol. The van der Waals surface area contributed by atoms with Crippen molar-refractivity contribution in [2.45, 2.75) is 0 Å². The molecule has 8 aromatic rings. The third kappa shape index (κ3) is 4.81. The highest BCUT2D eigenvalue weighted by Gasteiger charge is 2.15. The molecule has 0 saturated carbocycles. The molecular formula is C41H27N3. The van der Waals surface area contributed by atoms with Crippen LogP contribution in [0, 0.1) is 0 Å². The highest BCUT2D eigenvalue weighted by molar-refractivity contribution is 6.08. The lowest BCUT2D eigenvalue weighted by atomic mass is 9.96. The van der Waals surface area contributed by atoms with Crippen LogP contribution >= 0.6 is 0 Å². The van der Waals surface area contributed by atoms with E-state index in [4.69, 9.17) is 15.0 Å². The van der Waals surface area contributed by atoms with Gasteiger partial charge < -0.3 is 0 Å². The molecule has 44 heavy (non-hydrogen) atoms. The zero-order valence-corrected chi connectivity index (χ0v) is 23.9. The Labute approximate surface area is 256 Å². The standard InChI is InChI=1S/C41H27N3/c1-3-11-29(12-4-1)35-16-9-10-18-37(35)41-43-39(32-14-5-2-6-15-32)42-40(44-41)33-24-19-28(20-25-33)34-26-23-31-22-21-30-13-7-8-17-36(30)38(31)27-34/h1-27H. The lowest BCUT2D eigenvalue weighted by molar-refractivity contribution is 1.07. The number of benzene rings is 7. The smallest absolute Gasteiger partial charge is 0.164 e. The first-order valence-electron chi connectivity index (χ1n) is 14.8. The zero-order valence-electron chi connectivity index (χ0n) is 23.9. The Balaban J connectivity index is 1.23. The van der Waals surface area contributed by atoms with Gasteiger partial charge in [0, 0.05) is 16.7 Å². The average molecular weight is 562 g/mol. The molecule has 0 radical (unpaired) electrons. The van der Waals surface area contributed by atoms with Crippen molar-refractivity contribution >= 4 is 21.5 Å². The largest absolute Gasteiger partial charge is 0.208 e. The predicted octanol–water partition coefficient (Wildman–Crippen LogP) is 10.5. The molecule has 1 aromatic heterocycles. The lowest BCUT2D eigenvalue weighted by Crippen LogP contribution is -2.01. The van der Waals surface area contributed by atoms with Crippen LogP contribution in [0.2, 0.25) is 0 Å². The predicted molar refractivity (Wildman–Crippen MR) is 182 cm³/mol. The summed E-state index contributed by atoms with van der Waals surface area (Å²) in [5.74, 6) is 1.95. The molecule has 0 unspecified atom stereocenters. The fourth-order valence-electron chi connectivity index (χ4n) is 5.88. The van der Waals surface area contributed by atoms with Gasteiger partial charge in [0.25, 0.3) is 0 Å². The molecule has 0 N–H and O–H groups in total. The summed E-state index contributed by atoms with van der Waals surface area (Å²) in [5, 5.41) is 5.02. The van der Waals surface area contributed by atoms with E-state index in [9.17, 15) is 0 Å². The number of hydrogen-bond acceptors (Lipinski definition) is 3. The first-order valence-corrected chi connectivity index (χ1v) is 14.8. The molecule has 0 aliphatic heterocycles. The highest BCUT2D eigenvalue weighted by Crippen LogP contribution is 2.34. The summed E-state index contributed by atoms with van der Waals surface area (Å²) < 4.78 is 0. The third-order valence-electron chi connectivity index (χ3n) is 8.14. The van der Waals surface area contributed by atoms with E-state index >= 15 is 0 Å². The lowest BCUT2D eigenvalue weighted by Gasteiger charge is -2.12. The second-order valence-electron chi connectivity index (χ2n) is 10.9. The Kier molecular flexibility index (Phi) is 6.47.